The van der Waals surface area contributed by atoms with E-state index in [1.165, 1.54) is 30.0 Å². The third kappa shape index (κ3) is 5.82. The second kappa shape index (κ2) is 9.19. The van der Waals surface area contributed by atoms with Gasteiger partial charge in [-0.1, -0.05) is 18.2 Å². The predicted octanol–water partition coefficient (Wildman–Crippen LogP) is 4.16. The Morgan fingerprint density at radius 1 is 1.00 bits per heavy atom. The van der Waals surface area contributed by atoms with Gasteiger partial charge in [-0.05, 0) is 48.0 Å². The van der Waals surface area contributed by atoms with Gasteiger partial charge in [-0.15, -0.1) is 11.8 Å². The number of nitrogens with zero attached hydrogens (tertiary/aromatic N) is 1. The molecule has 4 nitrogen and oxygen atoms in total. The highest BCUT2D eigenvalue weighted by Gasteiger charge is 2.04. The topological polar surface area (TPSA) is 51.1 Å². The molecular weight excluding hydrogens is 363 g/mol. The van der Waals surface area contributed by atoms with Gasteiger partial charge < -0.3 is 9.88 Å². The Morgan fingerprint density at radius 2 is 1.74 bits per heavy atom. The molecule has 138 valence electrons. The highest BCUT2D eigenvalue weighted by Crippen LogP contribution is 2.19. The van der Waals surface area contributed by atoms with Crippen LogP contribution >= 0.6 is 11.8 Å². The molecule has 1 heterocycles. The van der Waals surface area contributed by atoms with Crippen molar-refractivity contribution in [1.82, 2.24) is 4.57 Å². The fraction of sp³-hybridized carbons (Fsp3) is 0.143. The van der Waals surface area contributed by atoms with E-state index in [2.05, 4.69) is 5.32 Å². The minimum absolute atomic E-state index is 0.0477. The summed E-state index contributed by atoms with van der Waals surface area (Å²) in [5.41, 5.74) is 1.65. The molecule has 0 fully saturated rings. The number of amides is 1. The largest absolute Gasteiger partial charge is 0.326 e. The van der Waals surface area contributed by atoms with Crippen molar-refractivity contribution in [3.63, 3.8) is 0 Å². The highest BCUT2D eigenvalue weighted by molar-refractivity contribution is 7.99. The molecular formula is C21H19FN2O2S. The van der Waals surface area contributed by atoms with Crippen LogP contribution in [0.25, 0.3) is 0 Å². The van der Waals surface area contributed by atoms with E-state index in [-0.39, 0.29) is 17.3 Å². The van der Waals surface area contributed by atoms with Gasteiger partial charge in [0.2, 0.25) is 5.91 Å². The molecule has 0 aliphatic heterocycles. The van der Waals surface area contributed by atoms with E-state index in [1.54, 1.807) is 29.0 Å². The normalized spacial score (nSPS) is 10.6. The average molecular weight is 382 g/mol. The SMILES string of the molecule is O=C(CCSc1ccc(F)cc1)Nc1ccc(Cn2ccccc2=O)cc1. The van der Waals surface area contributed by atoms with Crippen LogP contribution in [0.15, 0.2) is 82.6 Å². The van der Waals surface area contributed by atoms with Gasteiger partial charge in [-0.3, -0.25) is 9.59 Å². The smallest absolute Gasteiger partial charge is 0.250 e. The van der Waals surface area contributed by atoms with Crippen molar-refractivity contribution < 1.29 is 9.18 Å². The van der Waals surface area contributed by atoms with Crippen molar-refractivity contribution in [3.8, 4) is 0 Å². The lowest BCUT2D eigenvalue weighted by atomic mass is 10.2. The Morgan fingerprint density at radius 3 is 2.44 bits per heavy atom. The molecule has 0 spiro atoms. The van der Waals surface area contributed by atoms with Crippen LogP contribution in [0.2, 0.25) is 0 Å². The molecule has 2 aromatic carbocycles. The summed E-state index contributed by atoms with van der Waals surface area (Å²) in [7, 11) is 0. The van der Waals surface area contributed by atoms with Crippen LogP contribution in [0, 0.1) is 5.82 Å². The quantitative estimate of drug-likeness (QED) is 0.625. The molecule has 0 saturated heterocycles. The van der Waals surface area contributed by atoms with Gasteiger partial charge in [0.25, 0.3) is 5.56 Å². The zero-order chi connectivity index (χ0) is 19.1. The number of carbonyl (C=O) groups excluding carboxylic acids is 1. The molecule has 1 N–H and O–H groups in total. The lowest BCUT2D eigenvalue weighted by Crippen LogP contribution is -2.18. The number of anilines is 1. The van der Waals surface area contributed by atoms with E-state index in [0.717, 1.165) is 16.1 Å². The van der Waals surface area contributed by atoms with Gasteiger partial charge in [-0.25, -0.2) is 4.39 Å². The molecule has 3 rings (SSSR count). The van der Waals surface area contributed by atoms with Gasteiger partial charge in [0.1, 0.15) is 5.82 Å². The standard InChI is InChI=1S/C21H19FN2O2S/c22-17-6-10-19(11-7-17)27-14-12-20(25)23-18-8-4-16(5-9-18)15-24-13-2-1-3-21(24)26/h1-11,13H,12,14-15H2,(H,23,25). The lowest BCUT2D eigenvalue weighted by Gasteiger charge is -2.08. The van der Waals surface area contributed by atoms with Crippen LogP contribution in [0.5, 0.6) is 0 Å². The minimum atomic E-state index is -0.266. The Bertz CT molecular complexity index is 953. The van der Waals surface area contributed by atoms with Crippen LogP contribution < -0.4 is 10.9 Å². The maximum atomic E-state index is 12.9. The van der Waals surface area contributed by atoms with Gasteiger partial charge in [0, 0.05) is 35.0 Å². The van der Waals surface area contributed by atoms with Crippen LogP contribution in [0.1, 0.15) is 12.0 Å². The third-order valence-electron chi connectivity index (χ3n) is 3.90. The first kappa shape index (κ1) is 18.9. The Hall–Kier alpha value is -2.86. The van der Waals surface area contributed by atoms with Gasteiger partial charge in [0.15, 0.2) is 0 Å². The fourth-order valence-electron chi connectivity index (χ4n) is 2.50. The van der Waals surface area contributed by atoms with Crippen molar-refractivity contribution in [2.75, 3.05) is 11.1 Å². The van der Waals surface area contributed by atoms with E-state index in [9.17, 15) is 14.0 Å². The zero-order valence-corrected chi connectivity index (χ0v) is 15.4. The van der Waals surface area contributed by atoms with Crippen LogP contribution in [-0.4, -0.2) is 16.2 Å². The number of carbonyl (C=O) groups is 1. The predicted molar refractivity (Wildman–Crippen MR) is 107 cm³/mol. The van der Waals surface area contributed by atoms with E-state index in [1.807, 2.05) is 30.3 Å². The molecule has 6 heteroatoms. The third-order valence-corrected chi connectivity index (χ3v) is 4.91. The summed E-state index contributed by atoms with van der Waals surface area (Å²) in [5, 5.41) is 2.86. The number of hydrogen-bond acceptors (Lipinski definition) is 3. The van der Waals surface area contributed by atoms with Crippen LogP contribution in [0.4, 0.5) is 10.1 Å². The first-order chi connectivity index (χ1) is 13.1. The highest BCUT2D eigenvalue weighted by atomic mass is 32.2. The Balaban J connectivity index is 1.47. The second-order valence-electron chi connectivity index (χ2n) is 5.96. The first-order valence-electron chi connectivity index (χ1n) is 8.53. The number of thioether (sulfide) groups is 1. The molecule has 0 radical (unpaired) electrons. The summed E-state index contributed by atoms with van der Waals surface area (Å²) in [4.78, 5) is 24.7. The second-order valence-corrected chi connectivity index (χ2v) is 7.13. The molecule has 0 aliphatic rings. The van der Waals surface area contributed by atoms with Crippen LogP contribution in [-0.2, 0) is 11.3 Å². The monoisotopic (exact) mass is 382 g/mol. The molecule has 1 aromatic heterocycles. The van der Waals surface area contributed by atoms with Crippen molar-refractivity contribution in [2.45, 2.75) is 17.9 Å². The summed E-state index contributed by atoms with van der Waals surface area (Å²) in [5.74, 6) is 0.279. The maximum Gasteiger partial charge on any atom is 0.250 e. The van der Waals surface area contributed by atoms with E-state index < -0.39 is 0 Å². The molecule has 3 aromatic rings. The summed E-state index contributed by atoms with van der Waals surface area (Å²) >= 11 is 1.51. The van der Waals surface area contributed by atoms with E-state index in [4.69, 9.17) is 0 Å². The molecule has 0 bridgehead atoms. The lowest BCUT2D eigenvalue weighted by molar-refractivity contribution is -0.115. The summed E-state index contributed by atoms with van der Waals surface area (Å²) in [6.07, 6.45) is 2.11. The molecule has 1 amide bonds. The molecule has 0 saturated carbocycles. The summed E-state index contributed by atoms with van der Waals surface area (Å²) in [6.45, 7) is 0.488. The Kier molecular flexibility index (Phi) is 6.44. The molecule has 0 unspecified atom stereocenters. The van der Waals surface area contributed by atoms with E-state index in [0.29, 0.717) is 18.7 Å². The summed E-state index contributed by atoms with van der Waals surface area (Å²) in [6, 6.07) is 18.7. The number of benzene rings is 2. The average Bonchev–Trinajstić information content (AvgIpc) is 2.67. The van der Waals surface area contributed by atoms with Gasteiger partial charge >= 0.3 is 0 Å². The first-order valence-corrected chi connectivity index (χ1v) is 9.51. The minimum Gasteiger partial charge on any atom is -0.326 e. The van der Waals surface area contributed by atoms with Crippen molar-refractivity contribution in [3.05, 3.63) is 94.7 Å². The number of halogens is 1. The maximum absolute atomic E-state index is 12.9. The number of aromatic nitrogens is 1. The molecule has 27 heavy (non-hydrogen) atoms. The number of nitrogens with one attached hydrogen (secondary N) is 1. The molecule has 0 aliphatic carbocycles. The zero-order valence-electron chi connectivity index (χ0n) is 14.6. The molecule has 0 atom stereocenters. The number of pyridine rings is 1. The van der Waals surface area contributed by atoms with Crippen LogP contribution in [0.3, 0.4) is 0 Å². The van der Waals surface area contributed by atoms with Crippen molar-refractivity contribution >= 4 is 23.4 Å². The Labute approximate surface area is 161 Å². The van der Waals surface area contributed by atoms with Gasteiger partial charge in [-0.2, -0.15) is 0 Å². The van der Waals surface area contributed by atoms with Crippen molar-refractivity contribution in [1.29, 1.82) is 0 Å². The number of hydrogen-bond donors (Lipinski definition) is 1. The summed E-state index contributed by atoms with van der Waals surface area (Å²) < 4.78 is 14.5. The van der Waals surface area contributed by atoms with Crippen molar-refractivity contribution in [2.24, 2.45) is 0 Å². The van der Waals surface area contributed by atoms with E-state index >= 15 is 0 Å². The number of rotatable bonds is 7. The fourth-order valence-corrected chi connectivity index (χ4v) is 3.35. The van der Waals surface area contributed by atoms with Gasteiger partial charge in [0.05, 0.1) is 6.54 Å².